The van der Waals surface area contributed by atoms with Crippen molar-refractivity contribution in [3.63, 3.8) is 0 Å². The van der Waals surface area contributed by atoms with Crippen LogP contribution in [0.25, 0.3) is 10.9 Å². The summed E-state index contributed by atoms with van der Waals surface area (Å²) in [6.07, 6.45) is 6.99. The zero-order valence-corrected chi connectivity index (χ0v) is 16.5. The van der Waals surface area contributed by atoms with Gasteiger partial charge in [-0.3, -0.25) is 14.1 Å². The number of aromatic nitrogens is 1. The number of ether oxygens (including phenoxy) is 1. The number of aromatic amines is 1. The number of H-pyrrole nitrogens is 1. The lowest BCUT2D eigenvalue weighted by molar-refractivity contribution is 0.381. The molecule has 0 radical (unpaired) electrons. The second-order valence-electron chi connectivity index (χ2n) is 5.45. The van der Waals surface area contributed by atoms with Crippen LogP contribution in [0.3, 0.4) is 0 Å². The third-order valence-electron chi connectivity index (χ3n) is 3.35. The molecule has 0 saturated heterocycles. The Morgan fingerprint density at radius 3 is 2.64 bits per heavy atom. The first-order valence-electron chi connectivity index (χ1n) is 8.18. The first-order valence-corrected chi connectivity index (χ1v) is 9.58. The molecule has 28 heavy (non-hydrogen) atoms. The molecule has 2 rings (SSSR count). The van der Waals surface area contributed by atoms with E-state index in [2.05, 4.69) is 27.4 Å². The molecule has 0 atom stereocenters. The Balaban J connectivity index is 0.00000108. The van der Waals surface area contributed by atoms with Crippen LogP contribution in [-0.4, -0.2) is 53.8 Å². The maximum absolute atomic E-state index is 8.74. The number of rotatable bonds is 7. The fourth-order valence-corrected chi connectivity index (χ4v) is 2.12. The molecule has 1 aromatic heterocycles. The van der Waals surface area contributed by atoms with Gasteiger partial charge in [-0.15, -0.1) is 0 Å². The molecular weight excluding hydrogens is 390 g/mol. The van der Waals surface area contributed by atoms with Crippen molar-refractivity contribution >= 4 is 33.5 Å². The zero-order chi connectivity index (χ0) is 20.3. The summed E-state index contributed by atoms with van der Waals surface area (Å²) in [5.74, 6) is 1.15. The molecule has 0 aliphatic rings. The smallest absolute Gasteiger partial charge is 0.394 e. The lowest BCUT2D eigenvalue weighted by Gasteiger charge is -2.00. The third-order valence-corrected chi connectivity index (χ3v) is 3.35. The molecule has 0 saturated carbocycles. The average molecular weight is 417 g/mol. The number of hydrogen-bond donors (Lipinski definition) is 5. The van der Waals surface area contributed by atoms with Crippen molar-refractivity contribution in [2.45, 2.75) is 26.2 Å². The minimum Gasteiger partial charge on any atom is -0.497 e. The Bertz CT molecular complexity index is 871. The van der Waals surface area contributed by atoms with Crippen molar-refractivity contribution in [1.82, 2.24) is 10.4 Å². The van der Waals surface area contributed by atoms with Gasteiger partial charge in [0.25, 0.3) is 0 Å². The second kappa shape index (κ2) is 12.7. The quantitative estimate of drug-likeness (QED) is 0.146. The molecule has 2 aromatic rings. The molecule has 0 aliphatic carbocycles. The second-order valence-corrected chi connectivity index (χ2v) is 6.34. The number of nitrogens with one attached hydrogen (secondary N) is 2. The maximum Gasteiger partial charge on any atom is 0.394 e. The number of unbranched alkanes of at least 4 members (excludes halogenated alkanes) is 2. The molecule has 0 aliphatic heterocycles. The van der Waals surface area contributed by atoms with Crippen LogP contribution >= 0.6 is 0 Å². The summed E-state index contributed by atoms with van der Waals surface area (Å²) >= 11 is 0. The SMILES string of the molecule is CCCCCN=C(N)N/N=C\c1c[nH]c2ccc(OC)cc12.O.O=S(=O)(O)O. The van der Waals surface area contributed by atoms with E-state index in [-0.39, 0.29) is 5.48 Å². The molecule has 0 unspecified atom stereocenters. The fraction of sp³-hybridized carbons (Fsp3) is 0.375. The number of hydrogen-bond acceptors (Lipinski definition) is 5. The summed E-state index contributed by atoms with van der Waals surface area (Å²) in [5, 5.41) is 5.17. The van der Waals surface area contributed by atoms with E-state index in [0.717, 1.165) is 41.6 Å². The molecule has 0 amide bonds. The molecule has 1 heterocycles. The van der Waals surface area contributed by atoms with Gasteiger partial charge in [0, 0.05) is 29.2 Å². The van der Waals surface area contributed by atoms with Gasteiger partial charge in [-0.1, -0.05) is 19.8 Å². The first-order chi connectivity index (χ1) is 12.7. The molecule has 0 spiro atoms. The Kier molecular flexibility index (Phi) is 11.5. The van der Waals surface area contributed by atoms with E-state index >= 15 is 0 Å². The van der Waals surface area contributed by atoms with Crippen molar-refractivity contribution in [1.29, 1.82) is 0 Å². The summed E-state index contributed by atoms with van der Waals surface area (Å²) < 4.78 is 36.8. The van der Waals surface area contributed by atoms with Gasteiger partial charge in [-0.2, -0.15) is 13.5 Å². The van der Waals surface area contributed by atoms with Gasteiger partial charge < -0.3 is 20.9 Å². The molecule has 0 bridgehead atoms. The van der Waals surface area contributed by atoms with Crippen molar-refractivity contribution in [2.24, 2.45) is 15.8 Å². The summed E-state index contributed by atoms with van der Waals surface area (Å²) in [6.45, 7) is 2.89. The fourth-order valence-electron chi connectivity index (χ4n) is 2.12. The summed E-state index contributed by atoms with van der Waals surface area (Å²) in [4.78, 5) is 7.40. The number of aliphatic imine (C=N–C) groups is 1. The molecular formula is C16H27N5O6S. The average Bonchev–Trinajstić information content (AvgIpc) is 2.99. The van der Waals surface area contributed by atoms with E-state index in [9.17, 15) is 0 Å². The minimum atomic E-state index is -4.67. The third kappa shape index (κ3) is 10.5. The van der Waals surface area contributed by atoms with E-state index in [1.165, 1.54) is 6.42 Å². The predicted octanol–water partition coefficient (Wildman–Crippen LogP) is 1.13. The lowest BCUT2D eigenvalue weighted by atomic mass is 10.2. The highest BCUT2D eigenvalue weighted by Crippen LogP contribution is 2.22. The van der Waals surface area contributed by atoms with Crippen LogP contribution in [-0.2, 0) is 10.4 Å². The summed E-state index contributed by atoms with van der Waals surface area (Å²) in [6, 6.07) is 5.86. The van der Waals surface area contributed by atoms with E-state index < -0.39 is 10.4 Å². The highest BCUT2D eigenvalue weighted by Gasteiger charge is 2.03. The van der Waals surface area contributed by atoms with Crippen LogP contribution in [0.4, 0.5) is 0 Å². The van der Waals surface area contributed by atoms with E-state index in [0.29, 0.717) is 5.96 Å². The number of fused-ring (bicyclic) bond motifs is 1. The van der Waals surface area contributed by atoms with E-state index in [4.69, 9.17) is 28.0 Å². The number of benzene rings is 1. The van der Waals surface area contributed by atoms with Crippen molar-refractivity contribution < 1.29 is 27.7 Å². The van der Waals surface area contributed by atoms with Crippen LogP contribution in [0.1, 0.15) is 31.7 Å². The molecule has 11 nitrogen and oxygen atoms in total. The Morgan fingerprint density at radius 2 is 2.04 bits per heavy atom. The van der Waals surface area contributed by atoms with Gasteiger partial charge in [0.1, 0.15) is 5.75 Å². The number of methoxy groups -OCH3 is 1. The normalized spacial score (nSPS) is 11.6. The van der Waals surface area contributed by atoms with Crippen molar-refractivity contribution in [3.05, 3.63) is 30.0 Å². The topological polar surface area (TPSA) is 194 Å². The summed E-state index contributed by atoms with van der Waals surface area (Å²) in [7, 11) is -3.02. The van der Waals surface area contributed by atoms with Crippen molar-refractivity contribution in [2.75, 3.05) is 13.7 Å². The first kappa shape index (κ1) is 25.3. The maximum atomic E-state index is 8.74. The van der Waals surface area contributed by atoms with Gasteiger partial charge in [-0.05, 0) is 24.6 Å². The summed E-state index contributed by atoms with van der Waals surface area (Å²) in [5.41, 5.74) is 10.5. The minimum absolute atomic E-state index is 0. The Hall–Kier alpha value is -2.67. The van der Waals surface area contributed by atoms with Crippen molar-refractivity contribution in [3.8, 4) is 5.75 Å². The number of nitrogens with two attached hydrogens (primary N) is 1. The van der Waals surface area contributed by atoms with Crippen LogP contribution in [0, 0.1) is 0 Å². The van der Waals surface area contributed by atoms with Crippen LogP contribution < -0.4 is 15.9 Å². The van der Waals surface area contributed by atoms with E-state index in [1.54, 1.807) is 13.3 Å². The van der Waals surface area contributed by atoms with Gasteiger partial charge in [0.2, 0.25) is 5.96 Å². The van der Waals surface area contributed by atoms with Crippen LogP contribution in [0.2, 0.25) is 0 Å². The molecule has 12 heteroatoms. The molecule has 8 N–H and O–H groups in total. The van der Waals surface area contributed by atoms with Gasteiger partial charge in [0.15, 0.2) is 0 Å². The Labute approximate surface area is 163 Å². The Morgan fingerprint density at radius 1 is 1.36 bits per heavy atom. The zero-order valence-electron chi connectivity index (χ0n) is 15.7. The van der Waals surface area contributed by atoms with Gasteiger partial charge in [-0.25, -0.2) is 5.43 Å². The van der Waals surface area contributed by atoms with Gasteiger partial charge >= 0.3 is 10.4 Å². The number of nitrogens with zero attached hydrogens (tertiary/aromatic N) is 2. The van der Waals surface area contributed by atoms with Crippen LogP contribution in [0.15, 0.2) is 34.5 Å². The number of guanidine groups is 1. The largest absolute Gasteiger partial charge is 0.497 e. The van der Waals surface area contributed by atoms with E-state index in [1.807, 2.05) is 24.4 Å². The molecule has 0 fully saturated rings. The monoisotopic (exact) mass is 417 g/mol. The standard InChI is InChI=1S/C16H23N5O.H2O4S.H2O/c1-3-4-5-8-18-16(17)21-20-11-12-10-19-15-7-6-13(22-2)9-14(12)15;1-5(2,3)4;/h6-7,9-11,19H,3-5,8H2,1-2H3,(H3,17,18,21);(H2,1,2,3,4);1H2/b20-11-;;. The predicted molar refractivity (Wildman–Crippen MR) is 109 cm³/mol. The highest BCUT2D eigenvalue weighted by molar-refractivity contribution is 7.79. The van der Waals surface area contributed by atoms with Gasteiger partial charge in [0.05, 0.1) is 13.3 Å². The molecule has 158 valence electrons. The number of hydrazone groups is 1. The lowest BCUT2D eigenvalue weighted by Crippen LogP contribution is -2.27. The highest BCUT2D eigenvalue weighted by atomic mass is 32.3. The van der Waals surface area contributed by atoms with Crippen LogP contribution in [0.5, 0.6) is 5.75 Å². The molecule has 1 aromatic carbocycles.